The highest BCUT2D eigenvalue weighted by atomic mass is 16.2. The number of hydrogen-bond acceptors (Lipinski definition) is 3. The number of hydrogen-bond donors (Lipinski definition) is 0. The third kappa shape index (κ3) is 2.90. The van der Waals surface area contributed by atoms with Gasteiger partial charge in [0.25, 0.3) is 0 Å². The zero-order valence-electron chi connectivity index (χ0n) is 10.2. The van der Waals surface area contributed by atoms with Gasteiger partial charge in [-0.3, -0.25) is 19.3 Å². The van der Waals surface area contributed by atoms with E-state index in [4.69, 9.17) is 0 Å². The van der Waals surface area contributed by atoms with E-state index in [9.17, 15) is 14.4 Å². The summed E-state index contributed by atoms with van der Waals surface area (Å²) in [7, 11) is 0. The summed E-state index contributed by atoms with van der Waals surface area (Å²) in [5, 5.41) is 0. The lowest BCUT2D eigenvalue weighted by Gasteiger charge is -2.14. The Hall–Kier alpha value is -1.19. The Morgan fingerprint density at radius 2 is 2.06 bits per heavy atom. The molecule has 0 N–H and O–H groups in total. The fourth-order valence-corrected chi connectivity index (χ4v) is 1.78. The van der Waals surface area contributed by atoms with Gasteiger partial charge in [0.05, 0.1) is 0 Å². The number of nitrogens with zero attached hydrogens (tertiary/aromatic N) is 1. The monoisotopic (exact) mass is 225 g/mol. The van der Waals surface area contributed by atoms with Gasteiger partial charge in [0.15, 0.2) is 0 Å². The van der Waals surface area contributed by atoms with E-state index in [1.807, 2.05) is 13.8 Å². The summed E-state index contributed by atoms with van der Waals surface area (Å²) in [5.41, 5.74) is 0. The molecule has 0 aromatic rings. The second kappa shape index (κ2) is 5.23. The minimum Gasteiger partial charge on any atom is -0.299 e. The Kier molecular flexibility index (Phi) is 4.21. The molecule has 1 unspecified atom stereocenters. The number of ketones is 1. The Balaban J connectivity index is 2.36. The quantitative estimate of drug-likeness (QED) is 0.664. The number of rotatable bonds is 5. The number of imide groups is 1. The van der Waals surface area contributed by atoms with Crippen LogP contribution < -0.4 is 0 Å². The lowest BCUT2D eigenvalue weighted by atomic mass is 10.0. The molecule has 0 radical (unpaired) electrons. The lowest BCUT2D eigenvalue weighted by molar-refractivity contribution is -0.139. The number of carbonyl (C=O) groups is 3. The Labute approximate surface area is 96.0 Å². The average molecular weight is 225 g/mol. The van der Waals surface area contributed by atoms with E-state index in [2.05, 4.69) is 0 Å². The Bertz CT molecular complexity index is 309. The van der Waals surface area contributed by atoms with Crippen LogP contribution >= 0.6 is 0 Å². The highest BCUT2D eigenvalue weighted by Crippen LogP contribution is 2.19. The van der Waals surface area contributed by atoms with E-state index >= 15 is 0 Å². The highest BCUT2D eigenvalue weighted by Gasteiger charge is 2.34. The summed E-state index contributed by atoms with van der Waals surface area (Å²) >= 11 is 0. The van der Waals surface area contributed by atoms with Gasteiger partial charge in [0.1, 0.15) is 5.78 Å². The van der Waals surface area contributed by atoms with Crippen LogP contribution in [0.2, 0.25) is 0 Å². The van der Waals surface area contributed by atoms with E-state index in [0.29, 0.717) is 25.8 Å². The van der Waals surface area contributed by atoms with E-state index in [1.165, 1.54) is 4.90 Å². The number of likely N-dealkylation sites (tertiary alicyclic amines) is 1. The molecule has 1 aliphatic heterocycles. The normalized spacial score (nSPS) is 21.0. The molecule has 1 fully saturated rings. The largest absolute Gasteiger partial charge is 0.299 e. The van der Waals surface area contributed by atoms with Crippen LogP contribution in [-0.4, -0.2) is 29.0 Å². The Morgan fingerprint density at radius 1 is 1.44 bits per heavy atom. The zero-order valence-corrected chi connectivity index (χ0v) is 10.2. The molecule has 4 heteroatoms. The van der Waals surface area contributed by atoms with Crippen molar-refractivity contribution in [2.45, 2.75) is 40.0 Å². The van der Waals surface area contributed by atoms with Gasteiger partial charge >= 0.3 is 0 Å². The SMILES string of the molecule is CC(C)C(=O)CCCN1C(=O)CC(C)C1=O. The van der Waals surface area contributed by atoms with Crippen molar-refractivity contribution >= 4 is 17.6 Å². The minimum absolute atomic E-state index is 0.0314. The summed E-state index contributed by atoms with van der Waals surface area (Å²) in [6, 6.07) is 0. The molecule has 90 valence electrons. The molecule has 0 aromatic heterocycles. The predicted octanol–water partition coefficient (Wildman–Crippen LogP) is 1.39. The second-order valence-electron chi connectivity index (χ2n) is 4.71. The summed E-state index contributed by atoms with van der Waals surface area (Å²) in [5.74, 6) is -0.166. The fourth-order valence-electron chi connectivity index (χ4n) is 1.78. The maximum Gasteiger partial charge on any atom is 0.232 e. The van der Waals surface area contributed by atoms with Crippen molar-refractivity contribution in [2.75, 3.05) is 6.54 Å². The third-order valence-corrected chi connectivity index (χ3v) is 2.92. The van der Waals surface area contributed by atoms with Gasteiger partial charge in [0, 0.05) is 31.2 Å². The molecule has 4 nitrogen and oxygen atoms in total. The van der Waals surface area contributed by atoms with Crippen molar-refractivity contribution in [3.8, 4) is 0 Å². The minimum atomic E-state index is -0.187. The molecular weight excluding hydrogens is 206 g/mol. The van der Waals surface area contributed by atoms with Gasteiger partial charge in [-0.15, -0.1) is 0 Å². The van der Waals surface area contributed by atoms with Crippen LogP contribution in [-0.2, 0) is 14.4 Å². The number of amides is 2. The molecule has 1 aliphatic rings. The van der Waals surface area contributed by atoms with Gasteiger partial charge in [-0.2, -0.15) is 0 Å². The van der Waals surface area contributed by atoms with Crippen LogP contribution in [0.1, 0.15) is 40.0 Å². The van der Waals surface area contributed by atoms with Crippen molar-refractivity contribution in [3.05, 3.63) is 0 Å². The first-order valence-corrected chi connectivity index (χ1v) is 5.80. The van der Waals surface area contributed by atoms with Crippen LogP contribution in [0.25, 0.3) is 0 Å². The van der Waals surface area contributed by atoms with Crippen molar-refractivity contribution in [2.24, 2.45) is 11.8 Å². The van der Waals surface area contributed by atoms with Crippen molar-refractivity contribution < 1.29 is 14.4 Å². The van der Waals surface area contributed by atoms with E-state index in [0.717, 1.165) is 0 Å². The van der Waals surface area contributed by atoms with Crippen LogP contribution in [0.5, 0.6) is 0 Å². The van der Waals surface area contributed by atoms with Gasteiger partial charge in [-0.05, 0) is 6.42 Å². The molecule has 0 bridgehead atoms. The smallest absolute Gasteiger partial charge is 0.232 e. The molecule has 0 spiro atoms. The maximum atomic E-state index is 11.5. The molecule has 0 aliphatic carbocycles. The molecule has 1 rings (SSSR count). The molecule has 1 atom stereocenters. The summed E-state index contributed by atoms with van der Waals surface area (Å²) in [6.07, 6.45) is 1.35. The second-order valence-corrected chi connectivity index (χ2v) is 4.71. The highest BCUT2D eigenvalue weighted by molar-refractivity contribution is 6.03. The zero-order chi connectivity index (χ0) is 12.3. The molecule has 0 saturated carbocycles. The van der Waals surface area contributed by atoms with Crippen LogP contribution in [0.4, 0.5) is 0 Å². The van der Waals surface area contributed by atoms with Crippen molar-refractivity contribution in [1.82, 2.24) is 4.90 Å². The first kappa shape index (κ1) is 12.9. The average Bonchev–Trinajstić information content (AvgIpc) is 2.44. The van der Waals surface area contributed by atoms with E-state index < -0.39 is 0 Å². The van der Waals surface area contributed by atoms with Gasteiger partial charge in [-0.25, -0.2) is 0 Å². The first-order chi connectivity index (χ1) is 7.43. The molecule has 0 aromatic carbocycles. The number of Topliss-reactive ketones (excluding diaryl/α,β-unsaturated/α-hetero) is 1. The topological polar surface area (TPSA) is 54.5 Å². The van der Waals surface area contributed by atoms with E-state index in [-0.39, 0.29) is 29.4 Å². The maximum absolute atomic E-state index is 11.5. The molecule has 1 saturated heterocycles. The van der Waals surface area contributed by atoms with Crippen molar-refractivity contribution in [1.29, 1.82) is 0 Å². The molecule has 2 amide bonds. The van der Waals surface area contributed by atoms with E-state index in [1.54, 1.807) is 6.92 Å². The number of carbonyl (C=O) groups excluding carboxylic acids is 3. The molecular formula is C12H19NO3. The third-order valence-electron chi connectivity index (χ3n) is 2.92. The van der Waals surface area contributed by atoms with Crippen LogP contribution in [0.15, 0.2) is 0 Å². The summed E-state index contributed by atoms with van der Waals surface area (Å²) < 4.78 is 0. The van der Waals surface area contributed by atoms with Crippen LogP contribution in [0.3, 0.4) is 0 Å². The summed E-state index contributed by atoms with van der Waals surface area (Å²) in [4.78, 5) is 35.6. The van der Waals surface area contributed by atoms with Gasteiger partial charge in [-0.1, -0.05) is 20.8 Å². The van der Waals surface area contributed by atoms with Gasteiger partial charge < -0.3 is 0 Å². The standard InChI is InChI=1S/C12H19NO3/c1-8(2)10(14)5-4-6-13-11(15)7-9(3)12(13)16/h8-9H,4-7H2,1-3H3. The Morgan fingerprint density at radius 3 is 2.50 bits per heavy atom. The summed E-state index contributed by atoms with van der Waals surface area (Å²) in [6.45, 7) is 5.87. The molecule has 1 heterocycles. The van der Waals surface area contributed by atoms with Crippen molar-refractivity contribution in [3.63, 3.8) is 0 Å². The van der Waals surface area contributed by atoms with Crippen LogP contribution in [0, 0.1) is 11.8 Å². The molecule has 16 heavy (non-hydrogen) atoms. The predicted molar refractivity (Wildman–Crippen MR) is 59.6 cm³/mol. The lowest BCUT2D eigenvalue weighted by Crippen LogP contribution is -2.31. The first-order valence-electron chi connectivity index (χ1n) is 5.80. The fraction of sp³-hybridized carbons (Fsp3) is 0.750. The van der Waals surface area contributed by atoms with Gasteiger partial charge in [0.2, 0.25) is 11.8 Å².